The number of hydrogen-bond acceptors (Lipinski definition) is 4. The smallest absolute Gasteiger partial charge is 0.0645 e. The Kier molecular flexibility index (Phi) is 7.29. The molecule has 0 aliphatic carbocycles. The summed E-state index contributed by atoms with van der Waals surface area (Å²) >= 11 is 0. The number of rotatable bonds is 9. The third-order valence-electron chi connectivity index (χ3n) is 5.97. The maximum atomic E-state index is 9.59. The Morgan fingerprint density at radius 3 is 2.47 bits per heavy atom. The first-order valence-corrected chi connectivity index (χ1v) is 11.0. The SMILES string of the molecule is OCCC1CN(Cc2cnn(-c3ccccc3)c2)CCN1CCCc1ccccc1. The zero-order chi connectivity index (χ0) is 20.6. The van der Waals surface area contributed by atoms with Crippen LogP contribution in [0.15, 0.2) is 73.1 Å². The largest absolute Gasteiger partial charge is 0.396 e. The van der Waals surface area contributed by atoms with Gasteiger partial charge in [-0.3, -0.25) is 9.80 Å². The maximum absolute atomic E-state index is 9.59. The second-order valence-electron chi connectivity index (χ2n) is 8.16. The van der Waals surface area contributed by atoms with E-state index in [1.165, 1.54) is 11.1 Å². The molecule has 1 aliphatic heterocycles. The molecule has 0 amide bonds. The van der Waals surface area contributed by atoms with E-state index in [9.17, 15) is 5.11 Å². The summed E-state index contributed by atoms with van der Waals surface area (Å²) in [5.74, 6) is 0. The number of para-hydroxylation sites is 1. The lowest BCUT2D eigenvalue weighted by molar-refractivity contribution is 0.0547. The quantitative estimate of drug-likeness (QED) is 0.594. The van der Waals surface area contributed by atoms with Gasteiger partial charge in [0.05, 0.1) is 11.9 Å². The van der Waals surface area contributed by atoms with Crippen molar-refractivity contribution in [2.45, 2.75) is 31.8 Å². The van der Waals surface area contributed by atoms with Gasteiger partial charge < -0.3 is 5.11 Å². The Hall–Kier alpha value is -2.47. The number of aliphatic hydroxyl groups is 1. The molecule has 0 radical (unpaired) electrons. The van der Waals surface area contributed by atoms with Crippen LogP contribution in [0, 0.1) is 0 Å². The van der Waals surface area contributed by atoms with Crippen LogP contribution < -0.4 is 0 Å². The molecule has 4 rings (SSSR count). The first-order valence-electron chi connectivity index (χ1n) is 11.0. The Bertz CT molecular complexity index is 880. The minimum atomic E-state index is 0.250. The highest BCUT2D eigenvalue weighted by atomic mass is 16.3. The van der Waals surface area contributed by atoms with Gasteiger partial charge in [0.15, 0.2) is 0 Å². The Morgan fingerprint density at radius 2 is 1.70 bits per heavy atom. The van der Waals surface area contributed by atoms with Crippen LogP contribution in [0.4, 0.5) is 0 Å². The van der Waals surface area contributed by atoms with E-state index in [0.29, 0.717) is 6.04 Å². The van der Waals surface area contributed by atoms with Gasteiger partial charge in [0.1, 0.15) is 0 Å². The van der Waals surface area contributed by atoms with Gasteiger partial charge in [-0.25, -0.2) is 4.68 Å². The molecule has 5 heteroatoms. The van der Waals surface area contributed by atoms with Gasteiger partial charge in [-0.05, 0) is 43.5 Å². The number of aliphatic hydroxyl groups excluding tert-OH is 1. The summed E-state index contributed by atoms with van der Waals surface area (Å²) in [6, 6.07) is 21.4. The van der Waals surface area contributed by atoms with Crippen LogP contribution in [0.2, 0.25) is 0 Å². The van der Waals surface area contributed by atoms with Crippen molar-refractivity contribution in [3.05, 3.63) is 84.2 Å². The van der Waals surface area contributed by atoms with Crippen molar-refractivity contribution in [2.24, 2.45) is 0 Å². The number of aromatic nitrogens is 2. The van der Waals surface area contributed by atoms with Crippen molar-refractivity contribution in [1.29, 1.82) is 0 Å². The van der Waals surface area contributed by atoms with E-state index in [4.69, 9.17) is 0 Å². The third-order valence-corrected chi connectivity index (χ3v) is 5.97. The van der Waals surface area contributed by atoms with Crippen LogP contribution in [-0.4, -0.2) is 63.5 Å². The second-order valence-corrected chi connectivity index (χ2v) is 8.16. The highest BCUT2D eigenvalue weighted by molar-refractivity contribution is 5.30. The standard InChI is InChI=1S/C25H32N4O/c30-17-13-25-21-27(15-16-28(25)14-7-10-22-8-3-1-4-9-22)19-23-18-26-29(20-23)24-11-5-2-6-12-24/h1-6,8-9,11-12,18,20,25,30H,7,10,13-17,19,21H2. The van der Waals surface area contributed by atoms with Crippen molar-refractivity contribution in [2.75, 3.05) is 32.8 Å². The maximum Gasteiger partial charge on any atom is 0.0645 e. The molecule has 1 N–H and O–H groups in total. The van der Waals surface area contributed by atoms with Crippen LogP contribution >= 0.6 is 0 Å². The molecule has 5 nitrogen and oxygen atoms in total. The number of aryl methyl sites for hydroxylation is 1. The molecule has 1 fully saturated rings. The second kappa shape index (κ2) is 10.5. The molecule has 0 spiro atoms. The summed E-state index contributed by atoms with van der Waals surface area (Å²) in [5, 5.41) is 14.1. The summed E-state index contributed by atoms with van der Waals surface area (Å²) in [5.41, 5.74) is 3.73. The molecular formula is C25H32N4O. The minimum absolute atomic E-state index is 0.250. The summed E-state index contributed by atoms with van der Waals surface area (Å²) < 4.78 is 1.94. The summed E-state index contributed by atoms with van der Waals surface area (Å²) in [4.78, 5) is 5.07. The number of nitrogens with zero attached hydrogens (tertiary/aromatic N) is 4. The molecule has 0 saturated carbocycles. The summed E-state index contributed by atoms with van der Waals surface area (Å²) in [6.45, 7) is 5.38. The Balaban J connectivity index is 1.30. The van der Waals surface area contributed by atoms with Crippen molar-refractivity contribution in [3.8, 4) is 5.69 Å². The predicted molar refractivity (Wildman–Crippen MR) is 121 cm³/mol. The van der Waals surface area contributed by atoms with E-state index in [1.54, 1.807) is 0 Å². The molecule has 158 valence electrons. The number of hydrogen-bond donors (Lipinski definition) is 1. The van der Waals surface area contributed by atoms with E-state index in [0.717, 1.165) is 57.7 Å². The summed E-state index contributed by atoms with van der Waals surface area (Å²) in [6.07, 6.45) is 7.22. The molecule has 2 aromatic carbocycles. The lowest BCUT2D eigenvalue weighted by Crippen LogP contribution is -2.53. The molecule has 1 aromatic heterocycles. The van der Waals surface area contributed by atoms with Crippen LogP contribution in [0.3, 0.4) is 0 Å². The average molecular weight is 405 g/mol. The summed E-state index contributed by atoms with van der Waals surface area (Å²) in [7, 11) is 0. The topological polar surface area (TPSA) is 44.5 Å². The molecule has 3 aromatic rings. The number of piperazine rings is 1. The fourth-order valence-electron chi connectivity index (χ4n) is 4.37. The fourth-order valence-corrected chi connectivity index (χ4v) is 4.37. The molecule has 1 atom stereocenters. The average Bonchev–Trinajstić information content (AvgIpc) is 3.25. The van der Waals surface area contributed by atoms with E-state index in [2.05, 4.69) is 63.6 Å². The van der Waals surface area contributed by atoms with Gasteiger partial charge in [-0.2, -0.15) is 5.10 Å². The zero-order valence-corrected chi connectivity index (χ0v) is 17.6. The monoisotopic (exact) mass is 404 g/mol. The van der Waals surface area contributed by atoms with Crippen LogP contribution in [0.5, 0.6) is 0 Å². The van der Waals surface area contributed by atoms with Crippen molar-refractivity contribution < 1.29 is 5.11 Å². The van der Waals surface area contributed by atoms with Crippen LogP contribution in [0.1, 0.15) is 24.0 Å². The Morgan fingerprint density at radius 1 is 0.933 bits per heavy atom. The molecule has 2 heterocycles. The van der Waals surface area contributed by atoms with Gasteiger partial charge in [0, 0.05) is 50.6 Å². The molecule has 30 heavy (non-hydrogen) atoms. The molecule has 1 unspecified atom stereocenters. The fraction of sp³-hybridized carbons (Fsp3) is 0.400. The van der Waals surface area contributed by atoms with Crippen molar-refractivity contribution >= 4 is 0 Å². The zero-order valence-electron chi connectivity index (χ0n) is 17.6. The first-order chi connectivity index (χ1) is 14.8. The van der Waals surface area contributed by atoms with Gasteiger partial charge in [-0.15, -0.1) is 0 Å². The molecule has 1 aliphatic rings. The van der Waals surface area contributed by atoms with Crippen LogP contribution in [0.25, 0.3) is 5.69 Å². The van der Waals surface area contributed by atoms with Gasteiger partial charge in [0.25, 0.3) is 0 Å². The van der Waals surface area contributed by atoms with Gasteiger partial charge in [0.2, 0.25) is 0 Å². The third kappa shape index (κ3) is 5.57. The lowest BCUT2D eigenvalue weighted by Gasteiger charge is -2.41. The van der Waals surface area contributed by atoms with Crippen LogP contribution in [-0.2, 0) is 13.0 Å². The molecular weight excluding hydrogens is 372 g/mol. The normalized spacial score (nSPS) is 18.0. The highest BCUT2D eigenvalue weighted by Crippen LogP contribution is 2.17. The molecule has 0 bridgehead atoms. The molecule has 1 saturated heterocycles. The van der Waals surface area contributed by atoms with E-state index in [-0.39, 0.29) is 6.61 Å². The van der Waals surface area contributed by atoms with E-state index >= 15 is 0 Å². The van der Waals surface area contributed by atoms with Gasteiger partial charge in [-0.1, -0.05) is 48.5 Å². The number of benzene rings is 2. The predicted octanol–water partition coefficient (Wildman–Crippen LogP) is 3.37. The first kappa shape index (κ1) is 20.8. The van der Waals surface area contributed by atoms with E-state index < -0.39 is 0 Å². The Labute approximate surface area is 179 Å². The van der Waals surface area contributed by atoms with Gasteiger partial charge >= 0.3 is 0 Å². The van der Waals surface area contributed by atoms with E-state index in [1.807, 2.05) is 29.1 Å². The minimum Gasteiger partial charge on any atom is -0.396 e. The van der Waals surface area contributed by atoms with Crippen molar-refractivity contribution in [1.82, 2.24) is 19.6 Å². The highest BCUT2D eigenvalue weighted by Gasteiger charge is 2.26. The lowest BCUT2D eigenvalue weighted by atomic mass is 10.1. The van der Waals surface area contributed by atoms with Crippen molar-refractivity contribution in [3.63, 3.8) is 0 Å².